The Labute approximate surface area is 254 Å². The third-order valence-electron chi connectivity index (χ3n) is 8.42. The monoisotopic (exact) mass is 649 g/mol. The van der Waals surface area contributed by atoms with Crippen LogP contribution in [-0.2, 0) is 22.7 Å². The van der Waals surface area contributed by atoms with Gasteiger partial charge >= 0.3 is 0 Å². The quantitative estimate of drug-likeness (QED) is 0.225. The topological polar surface area (TPSA) is 143 Å². The first kappa shape index (κ1) is 29.0. The zero-order chi connectivity index (χ0) is 30.8. The first-order chi connectivity index (χ1) is 20.4. The van der Waals surface area contributed by atoms with Gasteiger partial charge in [-0.2, -0.15) is 5.10 Å². The van der Waals surface area contributed by atoms with Crippen molar-refractivity contribution >= 4 is 50.2 Å². The van der Waals surface area contributed by atoms with E-state index in [1.165, 1.54) is 17.7 Å². The molecule has 2 amide bonds. The number of hydrogen-bond donors (Lipinski definition) is 2. The van der Waals surface area contributed by atoms with E-state index in [1.807, 2.05) is 19.1 Å². The van der Waals surface area contributed by atoms with E-state index in [1.54, 1.807) is 24.2 Å². The number of piperidine rings is 1. The molecule has 1 aliphatic carbocycles. The summed E-state index contributed by atoms with van der Waals surface area (Å²) < 4.78 is 15.4. The van der Waals surface area contributed by atoms with E-state index in [2.05, 4.69) is 48.2 Å². The first-order valence-corrected chi connectivity index (χ1v) is 14.6. The molecule has 1 aliphatic heterocycles. The van der Waals surface area contributed by atoms with Gasteiger partial charge in [0.05, 0.1) is 5.52 Å². The Morgan fingerprint density at radius 2 is 1.84 bits per heavy atom. The number of nitrogens with one attached hydrogen (secondary N) is 1. The van der Waals surface area contributed by atoms with Gasteiger partial charge in [0.25, 0.3) is 0 Å². The van der Waals surface area contributed by atoms with Crippen LogP contribution in [0.25, 0.3) is 22.0 Å². The standard InChI is InChI=1S/C30H29BrFN7O4/c1-14-5-17(18-10-33-23(13-40)34-11-18)7-19-25(16(3)41)37-38(26(14)19)12-24(42)39-21(8-30(4)9-22(30)39)29(43)36-28-15(2)6-20(32)27(31)35-28/h5-7,10-11,21-22,40H,8-9,12-13H2,1-4H3,(H,35,36,43)/t21-,22+,30-/m0/s1. The van der Waals surface area contributed by atoms with Crippen molar-refractivity contribution in [1.29, 1.82) is 0 Å². The van der Waals surface area contributed by atoms with E-state index in [4.69, 9.17) is 0 Å². The molecule has 222 valence electrons. The van der Waals surface area contributed by atoms with Gasteiger partial charge in [0, 0.05) is 36.3 Å². The van der Waals surface area contributed by atoms with Gasteiger partial charge in [-0.15, -0.1) is 0 Å². The second kappa shape index (κ2) is 10.6. The highest BCUT2D eigenvalue weighted by molar-refractivity contribution is 9.10. The van der Waals surface area contributed by atoms with Crippen molar-refractivity contribution in [3.8, 4) is 11.1 Å². The van der Waals surface area contributed by atoms with Gasteiger partial charge in [0.2, 0.25) is 11.8 Å². The Morgan fingerprint density at radius 3 is 2.51 bits per heavy atom. The van der Waals surface area contributed by atoms with Gasteiger partial charge in [0.1, 0.15) is 35.3 Å². The number of carbonyl (C=O) groups excluding carboxylic acids is 3. The molecule has 11 nitrogen and oxygen atoms in total. The number of aliphatic hydroxyl groups excluding tert-OH is 1. The molecule has 0 spiro atoms. The van der Waals surface area contributed by atoms with Crippen LogP contribution in [0.3, 0.4) is 0 Å². The number of halogens is 2. The number of carbonyl (C=O) groups is 3. The maximum absolute atomic E-state index is 13.9. The lowest BCUT2D eigenvalue weighted by Crippen LogP contribution is -2.47. The van der Waals surface area contributed by atoms with E-state index in [0.29, 0.717) is 34.3 Å². The number of benzene rings is 1. The average molecular weight is 651 g/mol. The van der Waals surface area contributed by atoms with Crippen LogP contribution in [0.1, 0.15) is 54.1 Å². The number of amides is 2. The van der Waals surface area contributed by atoms with E-state index in [0.717, 1.165) is 17.5 Å². The lowest BCUT2D eigenvalue weighted by molar-refractivity contribution is -0.138. The Bertz CT molecular complexity index is 1830. The minimum absolute atomic E-state index is 0.0115. The fourth-order valence-corrected chi connectivity index (χ4v) is 6.40. The summed E-state index contributed by atoms with van der Waals surface area (Å²) in [5.74, 6) is -0.929. The first-order valence-electron chi connectivity index (χ1n) is 13.8. The number of rotatable bonds is 7. The van der Waals surface area contributed by atoms with Gasteiger partial charge in [-0.3, -0.25) is 19.1 Å². The van der Waals surface area contributed by atoms with Crippen LogP contribution in [0.5, 0.6) is 0 Å². The number of fused-ring (bicyclic) bond motifs is 2. The summed E-state index contributed by atoms with van der Waals surface area (Å²) >= 11 is 3.06. The van der Waals surface area contributed by atoms with Crippen molar-refractivity contribution in [2.75, 3.05) is 5.32 Å². The van der Waals surface area contributed by atoms with E-state index in [-0.39, 0.29) is 58.3 Å². The maximum Gasteiger partial charge on any atom is 0.248 e. The van der Waals surface area contributed by atoms with E-state index >= 15 is 0 Å². The van der Waals surface area contributed by atoms with Gasteiger partial charge in [-0.25, -0.2) is 19.3 Å². The van der Waals surface area contributed by atoms with E-state index in [9.17, 15) is 23.9 Å². The summed E-state index contributed by atoms with van der Waals surface area (Å²) in [4.78, 5) is 54.1. The van der Waals surface area contributed by atoms with Crippen molar-refractivity contribution < 1.29 is 23.9 Å². The molecule has 2 fully saturated rings. The third-order valence-corrected chi connectivity index (χ3v) is 8.98. The molecule has 0 bridgehead atoms. The third kappa shape index (κ3) is 5.10. The molecule has 43 heavy (non-hydrogen) atoms. The fourth-order valence-electron chi connectivity index (χ4n) is 6.11. The van der Waals surface area contributed by atoms with Crippen molar-refractivity contribution in [2.45, 2.75) is 65.8 Å². The second-order valence-corrected chi connectivity index (χ2v) is 12.4. The molecule has 4 aromatic rings. The number of ketones is 1. The molecule has 2 aliphatic rings. The molecule has 4 heterocycles. The number of aryl methyl sites for hydroxylation is 2. The van der Waals surface area contributed by atoms with Gasteiger partial charge < -0.3 is 15.3 Å². The zero-order valence-electron chi connectivity index (χ0n) is 24.0. The SMILES string of the molecule is CC(=O)c1nn(CC(=O)N2[C@H](C(=O)Nc3nc(Br)c(F)cc3C)C[C@@]3(C)C[C@@H]23)c2c(C)cc(-c3cnc(CO)nc3)cc12. The minimum Gasteiger partial charge on any atom is -0.388 e. The highest BCUT2D eigenvalue weighted by Gasteiger charge is 2.64. The van der Waals surface area contributed by atoms with E-state index < -0.39 is 11.9 Å². The number of anilines is 1. The summed E-state index contributed by atoms with van der Waals surface area (Å²) in [5, 5.41) is 17.2. The summed E-state index contributed by atoms with van der Waals surface area (Å²) in [6.07, 6.45) is 4.50. The molecular weight excluding hydrogens is 621 g/mol. The molecule has 6 rings (SSSR count). The Hall–Kier alpha value is -4.10. The van der Waals surface area contributed by atoms with Crippen molar-refractivity contribution in [3.63, 3.8) is 0 Å². The van der Waals surface area contributed by atoms with Gasteiger partial charge in [-0.1, -0.05) is 6.92 Å². The van der Waals surface area contributed by atoms with Crippen LogP contribution in [0.15, 0.2) is 35.2 Å². The lowest BCUT2D eigenvalue weighted by Gasteiger charge is -2.27. The number of likely N-dealkylation sites (tertiary alicyclic amines) is 1. The predicted octanol–water partition coefficient (Wildman–Crippen LogP) is 4.12. The normalized spacial score (nSPS) is 20.8. The van der Waals surface area contributed by atoms with Crippen molar-refractivity contribution in [3.05, 3.63) is 63.7 Å². The second-order valence-electron chi connectivity index (χ2n) is 11.6. The summed E-state index contributed by atoms with van der Waals surface area (Å²) in [6.45, 7) is 6.58. The van der Waals surface area contributed by atoms with Crippen molar-refractivity contribution in [2.24, 2.45) is 5.41 Å². The maximum atomic E-state index is 13.9. The summed E-state index contributed by atoms with van der Waals surface area (Å²) in [5.41, 5.74) is 3.44. The summed E-state index contributed by atoms with van der Waals surface area (Å²) in [6, 6.07) is 4.19. The highest BCUT2D eigenvalue weighted by Crippen LogP contribution is 2.59. The minimum atomic E-state index is -0.732. The number of Topliss-reactive ketones (excluding diaryl/α,β-unsaturated/α-hetero) is 1. The fraction of sp³-hybridized carbons (Fsp3) is 0.367. The number of hydrogen-bond acceptors (Lipinski definition) is 8. The zero-order valence-corrected chi connectivity index (χ0v) is 25.6. The molecule has 0 radical (unpaired) electrons. The largest absolute Gasteiger partial charge is 0.388 e. The number of aromatic nitrogens is 5. The van der Waals surface area contributed by atoms with Crippen LogP contribution in [0.4, 0.5) is 10.2 Å². The van der Waals surface area contributed by atoms with Gasteiger partial charge in [-0.05, 0) is 82.9 Å². The molecule has 1 saturated carbocycles. The molecule has 13 heteroatoms. The van der Waals surface area contributed by atoms with Crippen LogP contribution in [0, 0.1) is 25.1 Å². The molecule has 0 unspecified atom stereocenters. The summed E-state index contributed by atoms with van der Waals surface area (Å²) in [7, 11) is 0. The molecule has 2 N–H and O–H groups in total. The predicted molar refractivity (Wildman–Crippen MR) is 158 cm³/mol. The van der Waals surface area contributed by atoms with Gasteiger partial charge in [0.15, 0.2) is 17.4 Å². The van der Waals surface area contributed by atoms with Crippen molar-refractivity contribution in [1.82, 2.24) is 29.6 Å². The Balaban J connectivity index is 1.31. The molecule has 1 saturated heterocycles. The molecule has 3 atom stereocenters. The van der Waals surface area contributed by atoms with Crippen LogP contribution < -0.4 is 5.32 Å². The number of nitrogens with zero attached hydrogens (tertiary/aromatic N) is 6. The smallest absolute Gasteiger partial charge is 0.248 e. The molecular formula is C30H29BrFN7O4. The highest BCUT2D eigenvalue weighted by atomic mass is 79.9. The Kier molecular flexibility index (Phi) is 7.12. The molecule has 3 aromatic heterocycles. The lowest BCUT2D eigenvalue weighted by atomic mass is 10.0. The molecule has 1 aromatic carbocycles. The average Bonchev–Trinajstić information content (AvgIpc) is 3.32. The number of aliphatic hydroxyl groups is 1. The number of pyridine rings is 1. The van der Waals surface area contributed by atoms with Crippen LogP contribution in [-0.4, -0.2) is 64.4 Å². The van der Waals surface area contributed by atoms with Crippen LogP contribution >= 0.6 is 15.9 Å². The van der Waals surface area contributed by atoms with Crippen LogP contribution in [0.2, 0.25) is 0 Å². The Morgan fingerprint density at radius 1 is 1.12 bits per heavy atom.